The number of para-hydroxylation sites is 1. The van der Waals surface area contributed by atoms with Crippen LogP contribution in [-0.2, 0) is 0 Å². The first kappa shape index (κ1) is 19.2. The summed E-state index contributed by atoms with van der Waals surface area (Å²) in [5.41, 5.74) is 0.541. The average molecular weight is 355 g/mol. The second kappa shape index (κ2) is 11.5. The van der Waals surface area contributed by atoms with Gasteiger partial charge in [-0.2, -0.15) is 0 Å². The minimum absolute atomic E-state index is 0.150. The van der Waals surface area contributed by atoms with Crippen molar-refractivity contribution in [3.05, 3.63) is 60.4 Å². The zero-order chi connectivity index (χ0) is 18.5. The highest BCUT2D eigenvalue weighted by Crippen LogP contribution is 2.07. The number of benzene rings is 1. The molecule has 0 aliphatic carbocycles. The molecule has 0 saturated heterocycles. The van der Waals surface area contributed by atoms with Crippen molar-refractivity contribution in [1.29, 1.82) is 0 Å². The van der Waals surface area contributed by atoms with Gasteiger partial charge in [-0.3, -0.25) is 14.8 Å². The topological polar surface area (TPSA) is 87.6 Å². The largest absolute Gasteiger partial charge is 0.492 e. The Morgan fingerprint density at radius 3 is 2.65 bits per heavy atom. The number of nitrogens with one attached hydrogen (secondary N) is 3. The molecule has 7 heteroatoms. The third-order valence-electron chi connectivity index (χ3n) is 3.34. The lowest BCUT2D eigenvalue weighted by atomic mass is 10.3. The molecule has 1 heterocycles. The Morgan fingerprint density at radius 2 is 1.92 bits per heavy atom. The lowest BCUT2D eigenvalue weighted by Gasteiger charge is -2.12. The van der Waals surface area contributed by atoms with Gasteiger partial charge in [-0.1, -0.05) is 18.2 Å². The van der Waals surface area contributed by atoms with Gasteiger partial charge in [0.1, 0.15) is 12.4 Å². The number of hydrogen-bond acceptors (Lipinski definition) is 4. The Balaban J connectivity index is 1.68. The van der Waals surface area contributed by atoms with E-state index in [-0.39, 0.29) is 5.91 Å². The van der Waals surface area contributed by atoms with Crippen molar-refractivity contribution >= 4 is 11.9 Å². The summed E-state index contributed by atoms with van der Waals surface area (Å²) in [7, 11) is 0. The van der Waals surface area contributed by atoms with Gasteiger partial charge in [0.05, 0.1) is 18.7 Å². The van der Waals surface area contributed by atoms with E-state index in [1.807, 2.05) is 37.3 Å². The number of aliphatic imine (C=N–C) groups is 1. The lowest BCUT2D eigenvalue weighted by Crippen LogP contribution is -2.40. The fourth-order valence-electron chi connectivity index (χ4n) is 2.13. The zero-order valence-corrected chi connectivity index (χ0v) is 14.9. The molecule has 0 unspecified atom stereocenters. The van der Waals surface area contributed by atoms with E-state index in [1.54, 1.807) is 18.3 Å². The Kier molecular flexibility index (Phi) is 8.48. The van der Waals surface area contributed by atoms with Gasteiger partial charge in [0.2, 0.25) is 0 Å². The van der Waals surface area contributed by atoms with Crippen molar-refractivity contribution < 1.29 is 9.53 Å². The molecule has 0 bridgehead atoms. The number of amides is 1. The summed E-state index contributed by atoms with van der Waals surface area (Å²) < 4.78 is 5.63. The number of nitrogens with zero attached hydrogens (tertiary/aromatic N) is 2. The first-order chi connectivity index (χ1) is 12.8. The molecule has 0 radical (unpaired) electrons. The molecular formula is C19H25N5O2. The molecule has 3 N–H and O–H groups in total. The molecule has 0 spiro atoms. The second-order valence-electron chi connectivity index (χ2n) is 5.35. The quantitative estimate of drug-likeness (QED) is 0.360. The molecule has 0 aliphatic heterocycles. The van der Waals surface area contributed by atoms with Crippen LogP contribution in [0.5, 0.6) is 5.75 Å². The van der Waals surface area contributed by atoms with Gasteiger partial charge in [-0.25, -0.2) is 0 Å². The SMILES string of the molecule is CCNC(=NCCNC(=O)c1cccnc1)NCCOc1ccccc1. The predicted molar refractivity (Wildman–Crippen MR) is 102 cm³/mol. The monoisotopic (exact) mass is 355 g/mol. The normalized spacial score (nSPS) is 10.9. The van der Waals surface area contributed by atoms with E-state index < -0.39 is 0 Å². The smallest absolute Gasteiger partial charge is 0.252 e. The van der Waals surface area contributed by atoms with Gasteiger partial charge in [-0.15, -0.1) is 0 Å². The van der Waals surface area contributed by atoms with Crippen LogP contribution < -0.4 is 20.7 Å². The van der Waals surface area contributed by atoms with Gasteiger partial charge in [-0.05, 0) is 31.2 Å². The summed E-state index contributed by atoms with van der Waals surface area (Å²) in [5, 5.41) is 9.18. The summed E-state index contributed by atoms with van der Waals surface area (Å²) >= 11 is 0. The Labute approximate surface area is 153 Å². The Morgan fingerprint density at radius 1 is 1.08 bits per heavy atom. The molecule has 1 amide bonds. The molecule has 138 valence electrons. The van der Waals surface area contributed by atoms with E-state index >= 15 is 0 Å². The number of rotatable bonds is 9. The van der Waals surface area contributed by atoms with Gasteiger partial charge in [0, 0.05) is 25.5 Å². The van der Waals surface area contributed by atoms with Crippen LogP contribution >= 0.6 is 0 Å². The zero-order valence-electron chi connectivity index (χ0n) is 14.9. The maximum Gasteiger partial charge on any atom is 0.252 e. The summed E-state index contributed by atoms with van der Waals surface area (Å²) in [5.74, 6) is 1.39. The molecule has 0 saturated carbocycles. The fourth-order valence-corrected chi connectivity index (χ4v) is 2.13. The second-order valence-corrected chi connectivity index (χ2v) is 5.35. The van der Waals surface area contributed by atoms with Crippen LogP contribution in [0.25, 0.3) is 0 Å². The van der Waals surface area contributed by atoms with Crippen molar-refractivity contribution in [2.45, 2.75) is 6.92 Å². The maximum atomic E-state index is 11.9. The van der Waals surface area contributed by atoms with Gasteiger partial charge < -0.3 is 20.7 Å². The first-order valence-corrected chi connectivity index (χ1v) is 8.68. The van der Waals surface area contributed by atoms with Crippen molar-refractivity contribution in [3.63, 3.8) is 0 Å². The van der Waals surface area contributed by atoms with E-state index in [0.29, 0.717) is 37.8 Å². The van der Waals surface area contributed by atoms with Gasteiger partial charge in [0.15, 0.2) is 5.96 Å². The number of hydrogen-bond donors (Lipinski definition) is 3. The van der Waals surface area contributed by atoms with Crippen molar-refractivity contribution in [1.82, 2.24) is 20.9 Å². The summed E-state index contributed by atoms with van der Waals surface area (Å²) in [6.45, 7) is 4.84. The van der Waals surface area contributed by atoms with Crippen molar-refractivity contribution in [3.8, 4) is 5.75 Å². The fraction of sp³-hybridized carbons (Fsp3) is 0.316. The molecule has 2 aromatic rings. The first-order valence-electron chi connectivity index (χ1n) is 8.68. The number of aromatic nitrogens is 1. The van der Waals surface area contributed by atoms with Crippen LogP contribution in [0, 0.1) is 0 Å². The lowest BCUT2D eigenvalue weighted by molar-refractivity contribution is 0.0954. The molecule has 26 heavy (non-hydrogen) atoms. The van der Waals surface area contributed by atoms with Gasteiger partial charge >= 0.3 is 0 Å². The molecule has 0 fully saturated rings. The molecule has 0 aliphatic rings. The van der Waals surface area contributed by atoms with Crippen LogP contribution in [0.15, 0.2) is 59.9 Å². The van der Waals surface area contributed by atoms with E-state index in [0.717, 1.165) is 12.3 Å². The van der Waals surface area contributed by atoms with Crippen LogP contribution in [0.4, 0.5) is 0 Å². The highest BCUT2D eigenvalue weighted by atomic mass is 16.5. The number of guanidine groups is 1. The Bertz CT molecular complexity index is 677. The van der Waals surface area contributed by atoms with E-state index in [2.05, 4.69) is 25.9 Å². The summed E-state index contributed by atoms with van der Waals surface area (Å²) in [6, 6.07) is 13.1. The third kappa shape index (κ3) is 7.21. The number of carbonyl (C=O) groups excluding carboxylic acids is 1. The number of carbonyl (C=O) groups is 1. The number of ether oxygens (including phenoxy) is 1. The average Bonchev–Trinajstić information content (AvgIpc) is 2.69. The highest BCUT2D eigenvalue weighted by Gasteiger charge is 2.03. The molecule has 1 aromatic heterocycles. The van der Waals surface area contributed by atoms with Crippen LogP contribution in [0.2, 0.25) is 0 Å². The standard InChI is InChI=1S/C19H25N5O2/c1-2-21-19(24-13-14-26-17-8-4-3-5-9-17)23-12-11-22-18(25)16-7-6-10-20-15-16/h3-10,15H,2,11-14H2,1H3,(H,22,25)(H2,21,23,24). The van der Waals surface area contributed by atoms with E-state index in [1.165, 1.54) is 6.20 Å². The predicted octanol–water partition coefficient (Wildman–Crippen LogP) is 1.45. The summed E-state index contributed by atoms with van der Waals surface area (Å²) in [6.07, 6.45) is 3.17. The van der Waals surface area contributed by atoms with E-state index in [9.17, 15) is 4.79 Å². The minimum Gasteiger partial charge on any atom is -0.492 e. The van der Waals surface area contributed by atoms with Crippen LogP contribution in [0.3, 0.4) is 0 Å². The highest BCUT2D eigenvalue weighted by molar-refractivity contribution is 5.93. The minimum atomic E-state index is -0.150. The van der Waals surface area contributed by atoms with Crippen molar-refractivity contribution in [2.24, 2.45) is 4.99 Å². The van der Waals surface area contributed by atoms with Crippen LogP contribution in [0.1, 0.15) is 17.3 Å². The van der Waals surface area contributed by atoms with Gasteiger partial charge in [0.25, 0.3) is 5.91 Å². The molecule has 0 atom stereocenters. The molecule has 1 aromatic carbocycles. The number of pyridine rings is 1. The summed E-state index contributed by atoms with van der Waals surface area (Å²) in [4.78, 5) is 20.3. The Hall–Kier alpha value is -3.09. The maximum absolute atomic E-state index is 11.9. The van der Waals surface area contributed by atoms with E-state index in [4.69, 9.17) is 4.74 Å². The third-order valence-corrected chi connectivity index (χ3v) is 3.34. The molecule has 2 rings (SSSR count). The van der Waals surface area contributed by atoms with Crippen molar-refractivity contribution in [2.75, 3.05) is 32.8 Å². The van der Waals surface area contributed by atoms with Crippen LogP contribution in [-0.4, -0.2) is 49.6 Å². The molecule has 7 nitrogen and oxygen atoms in total. The molecular weight excluding hydrogens is 330 g/mol.